The lowest BCUT2D eigenvalue weighted by atomic mass is 9.97. The molecule has 1 aromatic heterocycles. The van der Waals surface area contributed by atoms with Crippen molar-refractivity contribution in [3.63, 3.8) is 0 Å². The Morgan fingerprint density at radius 1 is 1.16 bits per heavy atom. The number of aromatic nitrogens is 2. The smallest absolute Gasteiger partial charge is 0.280 e. The van der Waals surface area contributed by atoms with Gasteiger partial charge in [-0.05, 0) is 66.2 Å². The number of nitrogens with one attached hydrogen (secondary N) is 1. The van der Waals surface area contributed by atoms with Crippen molar-refractivity contribution in [2.75, 3.05) is 31.1 Å². The number of piperidine rings is 1. The summed E-state index contributed by atoms with van der Waals surface area (Å²) in [6.07, 6.45) is 2.33. The van der Waals surface area contributed by atoms with Crippen LogP contribution in [0.1, 0.15) is 40.2 Å². The first-order chi connectivity index (χ1) is 17.6. The standard InChI is InChI=1S/C25H25Cl5N4O3/c1-15-2-3-18(12-21(15)36-11-8-17-4-5-19(26)13-20(17)27)22(35)31-14-16-6-9-34(10-7-16)24-32-23(37-33-24)25(28,29)30/h2-5,12-13,16H,6-11,14H2,1H3,(H,31,35). The Kier molecular flexibility index (Phi) is 9.35. The number of amides is 1. The number of carbonyl (C=O) groups is 1. The molecule has 2 heterocycles. The lowest BCUT2D eigenvalue weighted by Crippen LogP contribution is -2.39. The van der Waals surface area contributed by atoms with Crippen molar-refractivity contribution in [1.82, 2.24) is 15.5 Å². The summed E-state index contributed by atoms with van der Waals surface area (Å²) in [7, 11) is 0. The second kappa shape index (κ2) is 12.3. The van der Waals surface area contributed by atoms with Crippen LogP contribution in [-0.4, -0.2) is 42.3 Å². The van der Waals surface area contributed by atoms with Crippen LogP contribution in [0.2, 0.25) is 10.0 Å². The zero-order valence-electron chi connectivity index (χ0n) is 19.9. The minimum atomic E-state index is -1.75. The van der Waals surface area contributed by atoms with Crippen molar-refractivity contribution in [2.24, 2.45) is 5.92 Å². The Hall–Kier alpha value is -1.90. The van der Waals surface area contributed by atoms with Gasteiger partial charge in [-0.25, -0.2) is 0 Å². The summed E-state index contributed by atoms with van der Waals surface area (Å²) in [6.45, 7) is 4.35. The quantitative estimate of drug-likeness (QED) is 0.285. The van der Waals surface area contributed by atoms with E-state index in [-0.39, 0.29) is 11.8 Å². The summed E-state index contributed by atoms with van der Waals surface area (Å²) < 4.78 is 9.25. The zero-order chi connectivity index (χ0) is 26.6. The van der Waals surface area contributed by atoms with Gasteiger partial charge >= 0.3 is 0 Å². The van der Waals surface area contributed by atoms with E-state index in [9.17, 15) is 4.79 Å². The molecule has 198 valence electrons. The maximum absolute atomic E-state index is 12.8. The molecule has 2 aromatic carbocycles. The third-order valence-electron chi connectivity index (χ3n) is 6.20. The highest BCUT2D eigenvalue weighted by Crippen LogP contribution is 2.37. The number of alkyl halides is 3. The molecule has 12 heteroatoms. The summed E-state index contributed by atoms with van der Waals surface area (Å²) >= 11 is 29.6. The van der Waals surface area contributed by atoms with Crippen LogP contribution >= 0.6 is 58.0 Å². The highest BCUT2D eigenvalue weighted by molar-refractivity contribution is 6.66. The van der Waals surface area contributed by atoms with Crippen molar-refractivity contribution in [2.45, 2.75) is 30.0 Å². The minimum absolute atomic E-state index is 0.0582. The van der Waals surface area contributed by atoms with Gasteiger partial charge < -0.3 is 19.5 Å². The molecule has 0 saturated carbocycles. The highest BCUT2D eigenvalue weighted by Gasteiger charge is 2.32. The van der Waals surface area contributed by atoms with Gasteiger partial charge in [0.25, 0.3) is 21.5 Å². The summed E-state index contributed by atoms with van der Waals surface area (Å²) in [6, 6.07) is 10.9. The van der Waals surface area contributed by atoms with Gasteiger partial charge in [-0.1, -0.05) is 70.1 Å². The second-order valence-electron chi connectivity index (χ2n) is 8.85. The van der Waals surface area contributed by atoms with Crippen LogP contribution in [0.15, 0.2) is 40.9 Å². The first-order valence-corrected chi connectivity index (χ1v) is 13.6. The van der Waals surface area contributed by atoms with E-state index in [1.54, 1.807) is 24.3 Å². The summed E-state index contributed by atoms with van der Waals surface area (Å²) in [4.78, 5) is 19.0. The Bertz CT molecular complexity index is 1240. The third-order valence-corrected chi connectivity index (χ3v) is 7.27. The van der Waals surface area contributed by atoms with Crippen LogP contribution in [0, 0.1) is 12.8 Å². The third kappa shape index (κ3) is 7.58. The van der Waals surface area contributed by atoms with Crippen LogP contribution in [0.5, 0.6) is 5.75 Å². The summed E-state index contributed by atoms with van der Waals surface area (Å²) in [5, 5.41) is 8.15. The molecular weight excluding hydrogens is 582 g/mol. The van der Waals surface area contributed by atoms with Crippen molar-refractivity contribution in [3.8, 4) is 5.75 Å². The topological polar surface area (TPSA) is 80.5 Å². The van der Waals surface area contributed by atoms with Gasteiger partial charge in [-0.2, -0.15) is 4.98 Å². The number of anilines is 1. The number of hydrogen-bond donors (Lipinski definition) is 1. The monoisotopic (exact) mass is 604 g/mol. The molecular formula is C25H25Cl5N4O3. The molecule has 1 aliphatic heterocycles. The molecule has 0 aliphatic carbocycles. The molecule has 0 spiro atoms. The molecule has 1 aliphatic rings. The second-order valence-corrected chi connectivity index (χ2v) is 12.0. The molecule has 37 heavy (non-hydrogen) atoms. The van der Waals surface area contributed by atoms with Gasteiger partial charge in [0.05, 0.1) is 6.61 Å². The van der Waals surface area contributed by atoms with Crippen LogP contribution < -0.4 is 15.0 Å². The summed E-state index contributed by atoms with van der Waals surface area (Å²) in [5.74, 6) is 1.19. The van der Waals surface area contributed by atoms with Gasteiger partial charge in [0.2, 0.25) is 0 Å². The normalized spacial score (nSPS) is 14.6. The molecule has 0 atom stereocenters. The number of nitrogens with zero attached hydrogens (tertiary/aromatic N) is 3. The number of benzene rings is 2. The van der Waals surface area contributed by atoms with Gasteiger partial charge in [-0.3, -0.25) is 4.79 Å². The molecule has 4 rings (SSSR count). The van der Waals surface area contributed by atoms with Gasteiger partial charge in [-0.15, -0.1) is 0 Å². The van der Waals surface area contributed by atoms with E-state index in [0.29, 0.717) is 65.9 Å². The fourth-order valence-electron chi connectivity index (χ4n) is 4.03. The van der Waals surface area contributed by atoms with Crippen LogP contribution in [0.3, 0.4) is 0 Å². The molecule has 1 fully saturated rings. The first kappa shape index (κ1) is 28.1. The largest absolute Gasteiger partial charge is 0.493 e. The highest BCUT2D eigenvalue weighted by atomic mass is 35.6. The Balaban J connectivity index is 1.25. The lowest BCUT2D eigenvalue weighted by molar-refractivity contribution is 0.0944. The van der Waals surface area contributed by atoms with Crippen molar-refractivity contribution < 1.29 is 14.1 Å². The molecule has 0 radical (unpaired) electrons. The Morgan fingerprint density at radius 3 is 2.59 bits per heavy atom. The van der Waals surface area contributed by atoms with Gasteiger partial charge in [0.15, 0.2) is 0 Å². The average Bonchev–Trinajstić information content (AvgIpc) is 3.36. The Labute approximate surface area is 240 Å². The van der Waals surface area contributed by atoms with Crippen molar-refractivity contribution >= 4 is 69.9 Å². The van der Waals surface area contributed by atoms with Crippen molar-refractivity contribution in [3.05, 3.63) is 69.0 Å². The van der Waals surface area contributed by atoms with E-state index in [1.807, 2.05) is 24.0 Å². The van der Waals surface area contributed by atoms with Gasteiger partial charge in [0.1, 0.15) is 5.75 Å². The lowest BCUT2D eigenvalue weighted by Gasteiger charge is -2.30. The van der Waals surface area contributed by atoms with Gasteiger partial charge in [0, 0.05) is 41.7 Å². The van der Waals surface area contributed by atoms with E-state index in [1.165, 1.54) is 0 Å². The van der Waals surface area contributed by atoms with E-state index in [2.05, 4.69) is 15.5 Å². The van der Waals surface area contributed by atoms with Crippen LogP contribution in [0.4, 0.5) is 5.95 Å². The zero-order valence-corrected chi connectivity index (χ0v) is 23.7. The van der Waals surface area contributed by atoms with E-state index < -0.39 is 3.79 Å². The molecule has 0 unspecified atom stereocenters. The number of hydrogen-bond acceptors (Lipinski definition) is 6. The number of ether oxygens (including phenoxy) is 1. The number of rotatable bonds is 8. The molecule has 1 N–H and O–H groups in total. The van der Waals surface area contributed by atoms with Crippen molar-refractivity contribution in [1.29, 1.82) is 0 Å². The predicted molar refractivity (Wildman–Crippen MR) is 148 cm³/mol. The maximum atomic E-state index is 12.8. The minimum Gasteiger partial charge on any atom is -0.493 e. The van der Waals surface area contributed by atoms with E-state index in [4.69, 9.17) is 67.3 Å². The average molecular weight is 607 g/mol. The van der Waals surface area contributed by atoms with Crippen LogP contribution in [0.25, 0.3) is 0 Å². The van der Waals surface area contributed by atoms with Crippen LogP contribution in [-0.2, 0) is 10.2 Å². The summed E-state index contributed by atoms with van der Waals surface area (Å²) in [5.41, 5.74) is 2.45. The van der Waals surface area contributed by atoms with E-state index in [0.717, 1.165) is 24.0 Å². The molecule has 1 saturated heterocycles. The molecule has 7 nitrogen and oxygen atoms in total. The number of carbonyl (C=O) groups excluding carboxylic acids is 1. The molecule has 0 bridgehead atoms. The fourth-order valence-corrected chi connectivity index (χ4v) is 4.76. The first-order valence-electron chi connectivity index (χ1n) is 11.7. The molecule has 1 amide bonds. The SMILES string of the molecule is Cc1ccc(C(=O)NCC2CCN(c3noc(C(Cl)(Cl)Cl)n3)CC2)cc1OCCc1ccc(Cl)cc1Cl. The predicted octanol–water partition coefficient (Wildman–Crippen LogP) is 6.78. The maximum Gasteiger partial charge on any atom is 0.280 e. The fraction of sp³-hybridized carbons (Fsp3) is 0.400. The number of aryl methyl sites for hydroxylation is 1. The van der Waals surface area contributed by atoms with E-state index >= 15 is 0 Å². The Morgan fingerprint density at radius 2 is 1.92 bits per heavy atom. The molecule has 3 aromatic rings. The number of halogens is 5.